The first-order chi connectivity index (χ1) is 7.74. The minimum atomic E-state index is -4.17. The molecule has 1 amide bonds. The molecule has 0 radical (unpaired) electrons. The summed E-state index contributed by atoms with van der Waals surface area (Å²) in [5.41, 5.74) is 5.69. The van der Waals surface area contributed by atoms with E-state index in [1.807, 2.05) is 6.08 Å². The molecule has 0 aliphatic rings. The van der Waals surface area contributed by atoms with Crippen molar-refractivity contribution in [2.75, 3.05) is 6.61 Å². The van der Waals surface area contributed by atoms with Gasteiger partial charge in [0.25, 0.3) is 0 Å². The highest BCUT2D eigenvalue weighted by molar-refractivity contribution is 7.80. The number of hydrogen-bond donors (Lipinski definition) is 2. The molecule has 0 bridgehead atoms. The molecule has 0 aromatic carbocycles. The van der Waals surface area contributed by atoms with Crippen LogP contribution >= 0.6 is 0 Å². The Labute approximate surface area is 103 Å². The molecule has 0 aliphatic heterocycles. The van der Waals surface area contributed by atoms with Gasteiger partial charge >= 0.3 is 10.4 Å². The second-order valence-corrected chi connectivity index (χ2v) is 4.32. The number of unbranched alkanes of at least 4 members (excludes halogenated alkanes) is 2. The van der Waals surface area contributed by atoms with Crippen LogP contribution in [0.5, 0.6) is 0 Å². The Hall–Kier alpha value is -0.920. The normalized spacial score (nSPS) is 11.6. The average molecular weight is 267 g/mol. The van der Waals surface area contributed by atoms with E-state index in [0.29, 0.717) is 5.57 Å². The van der Waals surface area contributed by atoms with Crippen LogP contribution in [0.3, 0.4) is 0 Å². The van der Waals surface area contributed by atoms with Crippen LogP contribution in [-0.4, -0.2) is 25.5 Å². The molecule has 17 heavy (non-hydrogen) atoms. The molecular weight excluding hydrogens is 246 g/mol. The SMILES string of the molecule is CCCCC=C(C)C(N)=O.CCOS(=O)(=O)O. The summed E-state index contributed by atoms with van der Waals surface area (Å²) in [6.45, 7) is 5.30. The van der Waals surface area contributed by atoms with Gasteiger partial charge < -0.3 is 5.73 Å². The van der Waals surface area contributed by atoms with E-state index >= 15 is 0 Å². The van der Waals surface area contributed by atoms with E-state index in [-0.39, 0.29) is 12.5 Å². The zero-order valence-electron chi connectivity index (χ0n) is 10.5. The molecular formula is C10H21NO5S. The first kappa shape index (κ1) is 18.4. The fourth-order valence-corrected chi connectivity index (χ4v) is 1.07. The van der Waals surface area contributed by atoms with Crippen molar-refractivity contribution in [3.63, 3.8) is 0 Å². The average Bonchev–Trinajstić information content (AvgIpc) is 2.16. The number of allylic oxidation sites excluding steroid dienone is 1. The summed E-state index contributed by atoms with van der Waals surface area (Å²) in [5, 5.41) is 0. The number of amides is 1. The van der Waals surface area contributed by atoms with Crippen molar-refractivity contribution in [2.24, 2.45) is 5.73 Å². The molecule has 0 aliphatic carbocycles. The topological polar surface area (TPSA) is 107 Å². The number of nitrogens with two attached hydrogens (primary N) is 1. The van der Waals surface area contributed by atoms with E-state index in [1.54, 1.807) is 6.92 Å². The van der Waals surface area contributed by atoms with Gasteiger partial charge in [0.05, 0.1) is 6.61 Å². The number of rotatable bonds is 6. The highest BCUT2D eigenvalue weighted by atomic mass is 32.3. The van der Waals surface area contributed by atoms with Crippen LogP contribution in [0.15, 0.2) is 11.6 Å². The van der Waals surface area contributed by atoms with Crippen molar-refractivity contribution < 1.29 is 21.9 Å². The Morgan fingerprint density at radius 2 is 1.94 bits per heavy atom. The van der Waals surface area contributed by atoms with Crippen molar-refractivity contribution in [3.8, 4) is 0 Å². The molecule has 0 saturated heterocycles. The lowest BCUT2D eigenvalue weighted by Crippen LogP contribution is -2.11. The molecule has 0 aromatic rings. The number of hydrogen-bond acceptors (Lipinski definition) is 4. The quantitative estimate of drug-likeness (QED) is 0.430. The van der Waals surface area contributed by atoms with E-state index in [1.165, 1.54) is 6.92 Å². The second kappa shape index (κ2) is 10.2. The molecule has 0 unspecified atom stereocenters. The number of primary amides is 1. The number of carbonyl (C=O) groups is 1. The van der Waals surface area contributed by atoms with Crippen LogP contribution in [-0.2, 0) is 19.4 Å². The van der Waals surface area contributed by atoms with E-state index in [2.05, 4.69) is 11.1 Å². The maximum Gasteiger partial charge on any atom is 0.397 e. The Balaban J connectivity index is 0. The Kier molecular flexibility index (Phi) is 11.1. The minimum absolute atomic E-state index is 0.0289. The van der Waals surface area contributed by atoms with Gasteiger partial charge in [0.2, 0.25) is 5.91 Å². The summed E-state index contributed by atoms with van der Waals surface area (Å²) in [5.74, 6) is -0.309. The van der Waals surface area contributed by atoms with Crippen LogP contribution in [0.1, 0.15) is 40.0 Å². The standard InChI is InChI=1S/C8H15NO.C2H6O4S/c1-3-4-5-6-7(2)8(9)10;1-2-6-7(3,4)5/h6H,3-5H2,1-2H3,(H2,9,10);2H2,1H3,(H,3,4,5). The molecule has 102 valence electrons. The molecule has 6 nitrogen and oxygen atoms in total. The molecule has 0 atom stereocenters. The van der Waals surface area contributed by atoms with Crippen molar-refractivity contribution in [1.29, 1.82) is 0 Å². The molecule has 0 rings (SSSR count). The van der Waals surface area contributed by atoms with E-state index < -0.39 is 10.4 Å². The van der Waals surface area contributed by atoms with Crippen LogP contribution in [0.4, 0.5) is 0 Å². The maximum atomic E-state index is 10.4. The first-order valence-corrected chi connectivity index (χ1v) is 6.69. The summed E-state index contributed by atoms with van der Waals surface area (Å²) in [7, 11) is -4.17. The van der Waals surface area contributed by atoms with Crippen LogP contribution in [0, 0.1) is 0 Å². The van der Waals surface area contributed by atoms with Crippen molar-refractivity contribution in [3.05, 3.63) is 11.6 Å². The zero-order chi connectivity index (χ0) is 13.9. The monoisotopic (exact) mass is 267 g/mol. The fraction of sp³-hybridized carbons (Fsp3) is 0.700. The molecule has 0 saturated carbocycles. The minimum Gasteiger partial charge on any atom is -0.366 e. The molecule has 0 fully saturated rings. The lowest BCUT2D eigenvalue weighted by atomic mass is 10.2. The lowest BCUT2D eigenvalue weighted by Gasteiger charge is -1.92. The van der Waals surface area contributed by atoms with Crippen molar-refractivity contribution in [2.45, 2.75) is 40.0 Å². The third-order valence-corrected chi connectivity index (χ3v) is 2.20. The highest BCUT2D eigenvalue weighted by Gasteiger charge is 1.98. The number of carbonyl (C=O) groups excluding carboxylic acids is 1. The molecule has 3 N–H and O–H groups in total. The fourth-order valence-electron chi connectivity index (χ4n) is 0.772. The van der Waals surface area contributed by atoms with Gasteiger partial charge in [0, 0.05) is 5.57 Å². The zero-order valence-corrected chi connectivity index (χ0v) is 11.3. The Morgan fingerprint density at radius 1 is 1.41 bits per heavy atom. The van der Waals surface area contributed by atoms with Gasteiger partial charge in [-0.05, 0) is 20.3 Å². The van der Waals surface area contributed by atoms with Crippen molar-refractivity contribution >= 4 is 16.3 Å². The Bertz CT molecular complexity index is 335. The third-order valence-electron chi connectivity index (χ3n) is 1.66. The summed E-state index contributed by atoms with van der Waals surface area (Å²) >= 11 is 0. The van der Waals surface area contributed by atoms with Gasteiger partial charge in [-0.15, -0.1) is 0 Å². The highest BCUT2D eigenvalue weighted by Crippen LogP contribution is 1.99. The predicted octanol–water partition coefficient (Wildman–Crippen LogP) is 1.43. The van der Waals surface area contributed by atoms with Gasteiger partial charge in [0.1, 0.15) is 0 Å². The summed E-state index contributed by atoms with van der Waals surface area (Å²) in [6, 6.07) is 0. The van der Waals surface area contributed by atoms with Gasteiger partial charge in [-0.25, -0.2) is 4.18 Å². The predicted molar refractivity (Wildman–Crippen MR) is 65.7 cm³/mol. The molecule has 7 heteroatoms. The molecule has 0 aromatic heterocycles. The van der Waals surface area contributed by atoms with Gasteiger partial charge in [-0.3, -0.25) is 9.35 Å². The lowest BCUT2D eigenvalue weighted by molar-refractivity contribution is -0.114. The van der Waals surface area contributed by atoms with E-state index in [4.69, 9.17) is 10.3 Å². The van der Waals surface area contributed by atoms with Crippen LogP contribution in [0.25, 0.3) is 0 Å². The first-order valence-electron chi connectivity index (χ1n) is 5.33. The maximum absolute atomic E-state index is 10.4. The summed E-state index contributed by atoms with van der Waals surface area (Å²) in [6.07, 6.45) is 5.14. The van der Waals surface area contributed by atoms with Crippen molar-refractivity contribution in [1.82, 2.24) is 0 Å². The largest absolute Gasteiger partial charge is 0.397 e. The van der Waals surface area contributed by atoms with Gasteiger partial charge in [-0.1, -0.05) is 25.8 Å². The van der Waals surface area contributed by atoms with Gasteiger partial charge in [0.15, 0.2) is 0 Å². The van der Waals surface area contributed by atoms with E-state index in [9.17, 15) is 13.2 Å². The third kappa shape index (κ3) is 17.7. The Morgan fingerprint density at radius 3 is 2.18 bits per heavy atom. The van der Waals surface area contributed by atoms with E-state index in [0.717, 1.165) is 19.3 Å². The molecule has 0 heterocycles. The summed E-state index contributed by atoms with van der Waals surface area (Å²) < 4.78 is 30.7. The van der Waals surface area contributed by atoms with Crippen LogP contribution < -0.4 is 5.73 Å². The molecule has 0 spiro atoms. The van der Waals surface area contributed by atoms with Gasteiger partial charge in [-0.2, -0.15) is 8.42 Å². The summed E-state index contributed by atoms with van der Waals surface area (Å²) in [4.78, 5) is 10.4. The van der Waals surface area contributed by atoms with Crippen LogP contribution in [0.2, 0.25) is 0 Å². The smallest absolute Gasteiger partial charge is 0.366 e. The second-order valence-electron chi connectivity index (χ2n) is 3.23.